The zero-order valence-corrected chi connectivity index (χ0v) is 18.0. The number of benzene rings is 3. The minimum Gasteiger partial charge on any atom is -0.492 e. The molecule has 3 rings (SSSR count). The molecule has 0 aliphatic heterocycles. The van der Waals surface area contributed by atoms with E-state index in [-0.39, 0.29) is 16.5 Å². The van der Waals surface area contributed by atoms with Crippen LogP contribution in [0.15, 0.2) is 71.6 Å². The second-order valence-corrected chi connectivity index (χ2v) is 8.59. The lowest BCUT2D eigenvalue weighted by Crippen LogP contribution is -2.16. The lowest BCUT2D eigenvalue weighted by Gasteiger charge is -2.15. The van der Waals surface area contributed by atoms with Gasteiger partial charge in [0, 0.05) is 10.6 Å². The summed E-state index contributed by atoms with van der Waals surface area (Å²) in [7, 11) is -3.90. The fraction of sp³-hybridized carbons (Fsp3) is 0.136. The van der Waals surface area contributed by atoms with E-state index in [0.29, 0.717) is 34.2 Å². The number of carbonyl (C=O) groups excluding carboxylic acids is 1. The Labute approximate surface area is 180 Å². The zero-order chi connectivity index (χ0) is 21.7. The summed E-state index contributed by atoms with van der Waals surface area (Å²) in [6, 6.07) is 17.8. The Morgan fingerprint density at radius 1 is 1.00 bits per heavy atom. The summed E-state index contributed by atoms with van der Waals surface area (Å²) in [5.41, 5.74) is 1.82. The second-order valence-electron chi connectivity index (χ2n) is 6.48. The van der Waals surface area contributed by atoms with Gasteiger partial charge in [-0.2, -0.15) is 0 Å². The Balaban J connectivity index is 1.93. The molecule has 6 nitrogen and oxygen atoms in total. The molecule has 2 N–H and O–H groups in total. The molecule has 8 heteroatoms. The highest BCUT2D eigenvalue weighted by molar-refractivity contribution is 7.92. The number of ether oxygens (including phenoxy) is 1. The van der Waals surface area contributed by atoms with Crippen LogP contribution in [0, 0.1) is 6.92 Å². The minimum absolute atomic E-state index is 0.0105. The highest BCUT2D eigenvalue weighted by Gasteiger charge is 2.19. The highest BCUT2D eigenvalue weighted by atomic mass is 35.5. The maximum Gasteiger partial charge on any atom is 0.261 e. The number of rotatable bonds is 7. The monoisotopic (exact) mass is 444 g/mol. The fourth-order valence-electron chi connectivity index (χ4n) is 2.78. The van der Waals surface area contributed by atoms with Gasteiger partial charge in [-0.3, -0.25) is 9.52 Å². The lowest BCUT2D eigenvalue weighted by atomic mass is 10.2. The first-order valence-corrected chi connectivity index (χ1v) is 11.1. The molecular weight excluding hydrogens is 424 g/mol. The smallest absolute Gasteiger partial charge is 0.261 e. The molecule has 0 spiro atoms. The van der Waals surface area contributed by atoms with Crippen LogP contribution in [0.1, 0.15) is 22.8 Å². The standard InChI is InChI=1S/C22H21ClN2O4S/c1-3-29-21-12-10-18(14-20(21)24-22(26)16-7-5-4-6-8-16)30(27,28)25-19-11-9-17(23)13-15(19)2/h4-14,25H,3H2,1-2H3,(H,24,26). The third kappa shape index (κ3) is 5.11. The van der Waals surface area contributed by atoms with E-state index in [1.54, 1.807) is 62.4 Å². The molecule has 0 unspecified atom stereocenters. The average Bonchev–Trinajstić information content (AvgIpc) is 2.72. The number of amides is 1. The van der Waals surface area contributed by atoms with Crippen molar-refractivity contribution >= 4 is 38.9 Å². The van der Waals surface area contributed by atoms with Crippen LogP contribution in [-0.2, 0) is 10.0 Å². The number of hydrogen-bond acceptors (Lipinski definition) is 4. The van der Waals surface area contributed by atoms with Crippen LogP contribution in [0.4, 0.5) is 11.4 Å². The molecular formula is C22H21ClN2O4S. The van der Waals surface area contributed by atoms with E-state index >= 15 is 0 Å². The molecule has 0 radical (unpaired) electrons. The third-order valence-corrected chi connectivity index (χ3v) is 5.88. The van der Waals surface area contributed by atoms with Gasteiger partial charge in [-0.25, -0.2) is 8.42 Å². The number of hydrogen-bond donors (Lipinski definition) is 2. The summed E-state index contributed by atoms with van der Waals surface area (Å²) < 4.78 is 33.9. The van der Waals surface area contributed by atoms with Gasteiger partial charge in [0.05, 0.1) is 22.9 Å². The van der Waals surface area contributed by atoms with Gasteiger partial charge in [-0.1, -0.05) is 29.8 Å². The van der Waals surface area contributed by atoms with E-state index in [4.69, 9.17) is 16.3 Å². The Morgan fingerprint density at radius 3 is 2.40 bits per heavy atom. The predicted molar refractivity (Wildman–Crippen MR) is 119 cm³/mol. The molecule has 3 aromatic rings. The van der Waals surface area contributed by atoms with Gasteiger partial charge in [0.15, 0.2) is 0 Å². The minimum atomic E-state index is -3.90. The van der Waals surface area contributed by atoms with E-state index in [1.165, 1.54) is 18.2 Å². The number of nitrogens with one attached hydrogen (secondary N) is 2. The van der Waals surface area contributed by atoms with Gasteiger partial charge in [-0.05, 0) is 67.9 Å². The Kier molecular flexibility index (Phi) is 6.64. The summed E-state index contributed by atoms with van der Waals surface area (Å²) in [4.78, 5) is 12.5. The van der Waals surface area contributed by atoms with Crippen LogP contribution in [0.25, 0.3) is 0 Å². The SMILES string of the molecule is CCOc1ccc(S(=O)(=O)Nc2ccc(Cl)cc2C)cc1NC(=O)c1ccccc1. The zero-order valence-electron chi connectivity index (χ0n) is 16.5. The van der Waals surface area contributed by atoms with Gasteiger partial charge in [-0.15, -0.1) is 0 Å². The van der Waals surface area contributed by atoms with Gasteiger partial charge in [0.2, 0.25) is 0 Å². The van der Waals surface area contributed by atoms with E-state index < -0.39 is 10.0 Å². The van der Waals surface area contributed by atoms with E-state index in [2.05, 4.69) is 10.0 Å². The molecule has 3 aromatic carbocycles. The Hall–Kier alpha value is -3.03. The Morgan fingerprint density at radius 2 is 1.73 bits per heavy atom. The molecule has 30 heavy (non-hydrogen) atoms. The van der Waals surface area contributed by atoms with Crippen molar-refractivity contribution in [3.63, 3.8) is 0 Å². The second kappa shape index (κ2) is 9.19. The van der Waals surface area contributed by atoms with Crippen molar-refractivity contribution in [2.75, 3.05) is 16.6 Å². The maximum absolute atomic E-state index is 12.9. The molecule has 1 amide bonds. The van der Waals surface area contributed by atoms with Crippen LogP contribution in [0.5, 0.6) is 5.75 Å². The number of halogens is 1. The van der Waals surface area contributed by atoms with Crippen molar-refractivity contribution in [2.24, 2.45) is 0 Å². The summed E-state index contributed by atoms with van der Waals surface area (Å²) in [5.74, 6) is 0.0102. The van der Waals surface area contributed by atoms with Crippen LogP contribution in [0.3, 0.4) is 0 Å². The summed E-state index contributed by atoms with van der Waals surface area (Å²) in [6.07, 6.45) is 0. The number of aryl methyl sites for hydroxylation is 1. The molecule has 156 valence electrons. The van der Waals surface area contributed by atoms with Crippen LogP contribution >= 0.6 is 11.6 Å². The summed E-state index contributed by atoms with van der Waals surface area (Å²) in [6.45, 7) is 3.92. The highest BCUT2D eigenvalue weighted by Crippen LogP contribution is 2.30. The van der Waals surface area contributed by atoms with Gasteiger partial charge < -0.3 is 10.1 Å². The number of sulfonamides is 1. The molecule has 0 bridgehead atoms. The largest absolute Gasteiger partial charge is 0.492 e. The first kappa shape index (κ1) is 21.7. The van der Waals surface area contributed by atoms with Crippen molar-refractivity contribution in [3.05, 3.63) is 82.9 Å². The van der Waals surface area contributed by atoms with Gasteiger partial charge in [0.1, 0.15) is 5.75 Å². The topological polar surface area (TPSA) is 84.5 Å². The first-order chi connectivity index (χ1) is 14.3. The molecule has 0 saturated carbocycles. The van der Waals surface area contributed by atoms with Crippen LogP contribution in [-0.4, -0.2) is 20.9 Å². The van der Waals surface area contributed by atoms with Crippen molar-refractivity contribution < 1.29 is 17.9 Å². The normalized spacial score (nSPS) is 11.0. The van der Waals surface area contributed by atoms with E-state index in [0.717, 1.165) is 0 Å². The van der Waals surface area contributed by atoms with Crippen molar-refractivity contribution in [2.45, 2.75) is 18.7 Å². The predicted octanol–water partition coefficient (Wildman–Crippen LogP) is 5.10. The van der Waals surface area contributed by atoms with Crippen molar-refractivity contribution in [3.8, 4) is 5.75 Å². The molecule has 0 aromatic heterocycles. The molecule has 0 aliphatic carbocycles. The first-order valence-electron chi connectivity index (χ1n) is 9.22. The summed E-state index contributed by atoms with van der Waals surface area (Å²) >= 11 is 5.94. The molecule has 0 heterocycles. The third-order valence-electron chi connectivity index (χ3n) is 4.28. The fourth-order valence-corrected chi connectivity index (χ4v) is 4.17. The Bertz CT molecular complexity index is 1170. The van der Waals surface area contributed by atoms with E-state index in [9.17, 15) is 13.2 Å². The van der Waals surface area contributed by atoms with Crippen molar-refractivity contribution in [1.29, 1.82) is 0 Å². The van der Waals surface area contributed by atoms with Crippen LogP contribution in [0.2, 0.25) is 5.02 Å². The summed E-state index contributed by atoms with van der Waals surface area (Å²) in [5, 5.41) is 3.25. The van der Waals surface area contributed by atoms with Gasteiger partial charge in [0.25, 0.3) is 15.9 Å². The molecule has 0 saturated heterocycles. The maximum atomic E-state index is 12.9. The lowest BCUT2D eigenvalue weighted by molar-refractivity contribution is 0.102. The van der Waals surface area contributed by atoms with Crippen LogP contribution < -0.4 is 14.8 Å². The van der Waals surface area contributed by atoms with Gasteiger partial charge >= 0.3 is 0 Å². The molecule has 0 aliphatic rings. The average molecular weight is 445 g/mol. The molecule has 0 fully saturated rings. The van der Waals surface area contributed by atoms with E-state index in [1.807, 2.05) is 0 Å². The van der Waals surface area contributed by atoms with Crippen molar-refractivity contribution in [1.82, 2.24) is 0 Å². The number of anilines is 2. The quantitative estimate of drug-likeness (QED) is 0.531. The molecule has 0 atom stereocenters. The number of carbonyl (C=O) groups is 1.